The van der Waals surface area contributed by atoms with Crippen molar-refractivity contribution >= 4 is 61.9 Å². The molecule has 2 aromatic heterocycles. The highest BCUT2D eigenvalue weighted by atomic mass is 32.1. The molecule has 266 valence electrons. The van der Waals surface area contributed by atoms with Crippen LogP contribution in [-0.2, 0) is 14.4 Å². The summed E-state index contributed by atoms with van der Waals surface area (Å²) < 4.78 is 0.864. The zero-order valence-corrected chi connectivity index (χ0v) is 29.8. The summed E-state index contributed by atoms with van der Waals surface area (Å²) in [6.07, 6.45) is 5.39. The molecule has 11 nitrogen and oxygen atoms in total. The van der Waals surface area contributed by atoms with Crippen LogP contribution in [0.2, 0.25) is 0 Å². The molecule has 0 radical (unpaired) electrons. The second kappa shape index (κ2) is 13.2. The summed E-state index contributed by atoms with van der Waals surface area (Å²) in [5.41, 5.74) is 1.77. The van der Waals surface area contributed by atoms with Crippen LogP contribution >= 0.6 is 11.3 Å². The summed E-state index contributed by atoms with van der Waals surface area (Å²) in [5.74, 6) is -1.91. The average molecular weight is 709 g/mol. The highest BCUT2D eigenvalue weighted by Gasteiger charge is 2.69. The molecule has 4 aliphatic rings. The van der Waals surface area contributed by atoms with Gasteiger partial charge < -0.3 is 25.8 Å². The average Bonchev–Trinajstić information content (AvgIpc) is 3.79. The number of ketones is 1. The van der Waals surface area contributed by atoms with Gasteiger partial charge in [0.2, 0.25) is 23.5 Å². The number of nitrogens with zero attached hydrogens (tertiary/aromatic N) is 2. The molecule has 2 saturated heterocycles. The summed E-state index contributed by atoms with van der Waals surface area (Å²) in [7, 11) is 0. The van der Waals surface area contributed by atoms with Gasteiger partial charge in [-0.25, -0.2) is 4.98 Å². The molecule has 0 spiro atoms. The number of aromatic amines is 1. The smallest absolute Gasteiger partial charge is 0.268 e. The molecule has 4 heterocycles. The first-order valence-corrected chi connectivity index (χ1v) is 19.1. The maximum Gasteiger partial charge on any atom is 0.268 e. The Hall–Kier alpha value is -4.58. The van der Waals surface area contributed by atoms with Crippen molar-refractivity contribution in [3.05, 3.63) is 65.3 Å². The molecule has 0 unspecified atom stereocenters. The van der Waals surface area contributed by atoms with Gasteiger partial charge in [-0.1, -0.05) is 63.4 Å². The highest BCUT2D eigenvalue weighted by Crippen LogP contribution is 2.65. The van der Waals surface area contributed by atoms with Crippen LogP contribution < -0.4 is 16.0 Å². The monoisotopic (exact) mass is 708 g/mol. The van der Waals surface area contributed by atoms with E-state index in [1.54, 1.807) is 11.0 Å². The number of likely N-dealkylation sites (tertiary alicyclic amines) is 1. The number of hydrogen-bond acceptors (Lipinski definition) is 7. The lowest BCUT2D eigenvalue weighted by atomic mass is 9.83. The Morgan fingerprint density at radius 1 is 1.00 bits per heavy atom. The van der Waals surface area contributed by atoms with Gasteiger partial charge in [-0.2, -0.15) is 0 Å². The van der Waals surface area contributed by atoms with Crippen LogP contribution in [0.15, 0.2) is 54.6 Å². The molecule has 6 atom stereocenters. The molecule has 2 saturated carbocycles. The van der Waals surface area contributed by atoms with E-state index in [0.717, 1.165) is 47.7 Å². The normalized spacial score (nSPS) is 25.3. The second-order valence-corrected chi connectivity index (χ2v) is 16.5. The van der Waals surface area contributed by atoms with Crippen molar-refractivity contribution in [1.29, 1.82) is 0 Å². The Morgan fingerprint density at radius 2 is 1.76 bits per heavy atom. The molecule has 2 aromatic carbocycles. The van der Waals surface area contributed by atoms with E-state index in [4.69, 9.17) is 0 Å². The van der Waals surface area contributed by atoms with Gasteiger partial charge in [0, 0.05) is 29.9 Å². The van der Waals surface area contributed by atoms with Crippen molar-refractivity contribution < 1.29 is 24.0 Å². The number of piperidine rings is 1. The molecule has 4 N–H and O–H groups in total. The van der Waals surface area contributed by atoms with Crippen LogP contribution in [0, 0.1) is 29.1 Å². The number of carbonyl (C=O) groups is 5. The molecule has 4 amide bonds. The third-order valence-corrected chi connectivity index (χ3v) is 13.1. The number of aromatic nitrogens is 2. The van der Waals surface area contributed by atoms with Gasteiger partial charge in [-0.05, 0) is 73.1 Å². The van der Waals surface area contributed by atoms with Gasteiger partial charge >= 0.3 is 0 Å². The van der Waals surface area contributed by atoms with E-state index in [2.05, 4.69) is 39.8 Å². The van der Waals surface area contributed by atoms with Crippen molar-refractivity contribution in [3.63, 3.8) is 0 Å². The van der Waals surface area contributed by atoms with E-state index in [1.165, 1.54) is 11.3 Å². The number of fused-ring (bicyclic) bond motifs is 3. The van der Waals surface area contributed by atoms with E-state index in [-0.39, 0.29) is 58.1 Å². The lowest BCUT2D eigenvalue weighted by Gasteiger charge is -2.37. The summed E-state index contributed by atoms with van der Waals surface area (Å²) >= 11 is 1.27. The molecular formula is C39H44N6O5S. The lowest BCUT2D eigenvalue weighted by Crippen LogP contribution is -2.59. The first kappa shape index (κ1) is 33.6. The van der Waals surface area contributed by atoms with Gasteiger partial charge in [-0.3, -0.25) is 24.0 Å². The zero-order chi connectivity index (χ0) is 35.4. The van der Waals surface area contributed by atoms with Crippen LogP contribution in [0.5, 0.6) is 0 Å². The number of rotatable bonds is 10. The van der Waals surface area contributed by atoms with Crippen molar-refractivity contribution in [3.8, 4) is 0 Å². The van der Waals surface area contributed by atoms with Crippen molar-refractivity contribution in [2.45, 2.75) is 76.9 Å². The van der Waals surface area contributed by atoms with Crippen molar-refractivity contribution in [2.24, 2.45) is 29.1 Å². The Labute approximate surface area is 300 Å². The lowest BCUT2D eigenvalue weighted by molar-refractivity contribution is -0.143. The largest absolute Gasteiger partial charge is 0.356 e. The number of nitrogens with one attached hydrogen (secondary N) is 4. The van der Waals surface area contributed by atoms with E-state index in [9.17, 15) is 24.0 Å². The zero-order valence-electron chi connectivity index (χ0n) is 28.9. The van der Waals surface area contributed by atoms with Gasteiger partial charge in [0.1, 0.15) is 17.8 Å². The molecule has 51 heavy (non-hydrogen) atoms. The van der Waals surface area contributed by atoms with E-state index in [1.807, 2.05) is 48.5 Å². The first-order valence-electron chi connectivity index (χ1n) is 18.3. The van der Waals surface area contributed by atoms with Gasteiger partial charge in [0.15, 0.2) is 5.01 Å². The number of benzene rings is 2. The predicted molar refractivity (Wildman–Crippen MR) is 194 cm³/mol. The third kappa shape index (κ3) is 6.21. The molecule has 4 aromatic rings. The Morgan fingerprint density at radius 3 is 2.51 bits per heavy atom. The minimum atomic E-state index is -0.986. The highest BCUT2D eigenvalue weighted by molar-refractivity contribution is 7.20. The van der Waals surface area contributed by atoms with Crippen LogP contribution in [0.1, 0.15) is 79.1 Å². The summed E-state index contributed by atoms with van der Waals surface area (Å²) in [5, 5.41) is 10.2. The van der Waals surface area contributed by atoms with E-state index < -0.39 is 30.0 Å². The van der Waals surface area contributed by atoms with Crippen LogP contribution in [0.4, 0.5) is 0 Å². The molecule has 2 aliphatic carbocycles. The topological polar surface area (TPSA) is 153 Å². The molecule has 8 rings (SSSR count). The second-order valence-electron chi connectivity index (χ2n) is 15.4. The van der Waals surface area contributed by atoms with Gasteiger partial charge in [0.25, 0.3) is 5.91 Å². The molecule has 0 bridgehead atoms. The van der Waals surface area contributed by atoms with Gasteiger partial charge in [0.05, 0.1) is 16.3 Å². The summed E-state index contributed by atoms with van der Waals surface area (Å²) in [6, 6.07) is 14.4. The predicted octanol–water partition coefficient (Wildman–Crippen LogP) is 4.83. The maximum atomic E-state index is 14.7. The van der Waals surface area contributed by atoms with Crippen molar-refractivity contribution in [1.82, 2.24) is 30.8 Å². The number of carbonyl (C=O) groups excluding carboxylic acids is 5. The van der Waals surface area contributed by atoms with Gasteiger partial charge in [-0.15, -0.1) is 11.3 Å². The minimum absolute atomic E-state index is 0.0533. The van der Waals surface area contributed by atoms with Crippen LogP contribution in [0.3, 0.4) is 0 Å². The Bertz CT molecular complexity index is 1960. The number of hydrogen-bond donors (Lipinski definition) is 4. The number of para-hydroxylation sites is 2. The number of Topliss-reactive ketones (excluding diaryl/α,β-unsaturated/α-hetero) is 1. The van der Waals surface area contributed by atoms with Crippen LogP contribution in [0.25, 0.3) is 21.1 Å². The third-order valence-electron chi connectivity index (χ3n) is 12.0. The number of thiazole rings is 1. The molecular weight excluding hydrogens is 665 g/mol. The molecule has 4 fully saturated rings. The quantitative estimate of drug-likeness (QED) is 0.173. The number of amides is 4. The van der Waals surface area contributed by atoms with E-state index >= 15 is 0 Å². The Balaban J connectivity index is 1.07. The minimum Gasteiger partial charge on any atom is -0.356 e. The summed E-state index contributed by atoms with van der Waals surface area (Å²) in [6.45, 7) is 5.16. The number of H-pyrrole nitrogens is 1. The maximum absolute atomic E-state index is 14.7. The summed E-state index contributed by atoms with van der Waals surface area (Å²) in [4.78, 5) is 79.2. The fraction of sp³-hybridized carbons (Fsp3) is 0.487. The SMILES string of the molecule is CC1(C)[C@@H]2[C@@H](C(=O)N[C@@H](C[C@@H]3CCNC3=O)C(=O)c3nc4ccccc4s3)N(C(=O)[C@@H](NC(=O)c3cc4ccccc4[nH]3)C3CCCCC3)C[C@@H]21. The molecule has 12 heteroatoms. The fourth-order valence-electron chi connectivity index (χ4n) is 9.02. The van der Waals surface area contributed by atoms with E-state index in [0.29, 0.717) is 30.7 Å². The van der Waals surface area contributed by atoms with Crippen molar-refractivity contribution in [2.75, 3.05) is 13.1 Å². The van der Waals surface area contributed by atoms with Crippen LogP contribution in [-0.4, -0.2) is 75.5 Å². The Kier molecular flexibility index (Phi) is 8.68. The first-order chi connectivity index (χ1) is 24.6. The standard InChI is InChI=1S/C39H44N6O5S/c1-39(2)24-20-45(38(50)31(21-10-4-3-5-11-21)44-35(48)28-18-22-12-6-7-13-25(22)41-28)32(30(24)39)36(49)42-27(19-23-16-17-40-34(23)47)33(46)37-43-26-14-8-9-15-29(26)51-37/h6-9,12-15,18,21,23-24,27,30-32,41H,3-5,10-11,16-17,19-20H2,1-2H3,(H,40,47)(H,42,49)(H,44,48)/t23-,24-,27-,30-,31-,32-/m0/s1. The fourth-order valence-corrected chi connectivity index (χ4v) is 9.99. The molecule has 2 aliphatic heterocycles.